The molecule has 0 aliphatic carbocycles. The minimum absolute atomic E-state index is 0.513. The summed E-state index contributed by atoms with van der Waals surface area (Å²) >= 11 is 0. The predicted molar refractivity (Wildman–Crippen MR) is 73.0 cm³/mol. The Kier molecular flexibility index (Phi) is 8.12. The zero-order valence-electron chi connectivity index (χ0n) is 11.4. The number of aliphatic carboxylic acids is 1. The van der Waals surface area contributed by atoms with Gasteiger partial charge in [0.15, 0.2) is 0 Å². The number of carbonyl (C=O) groups is 1. The lowest BCUT2D eigenvalue weighted by Gasteiger charge is -2.02. The highest BCUT2D eigenvalue weighted by atomic mass is 16.4. The van der Waals surface area contributed by atoms with Crippen LogP contribution in [0.5, 0.6) is 0 Å². The molecule has 0 aliphatic heterocycles. The van der Waals surface area contributed by atoms with Gasteiger partial charge >= 0.3 is 5.97 Å². The van der Waals surface area contributed by atoms with E-state index in [0.717, 1.165) is 24.8 Å². The molecule has 2 heteroatoms. The number of rotatable bonds is 7. The van der Waals surface area contributed by atoms with Gasteiger partial charge in [0, 0.05) is 6.08 Å². The maximum atomic E-state index is 10.7. The van der Waals surface area contributed by atoms with E-state index in [1.165, 1.54) is 11.6 Å². The van der Waals surface area contributed by atoms with Crippen LogP contribution in [0.2, 0.25) is 0 Å². The van der Waals surface area contributed by atoms with Crippen molar-refractivity contribution < 1.29 is 9.90 Å². The summed E-state index contributed by atoms with van der Waals surface area (Å²) in [6.07, 6.45) is 10.1. The Morgan fingerprint density at radius 1 is 1.29 bits per heavy atom. The molecule has 0 aromatic heterocycles. The highest BCUT2D eigenvalue weighted by molar-refractivity contribution is 5.80. The van der Waals surface area contributed by atoms with E-state index < -0.39 is 5.97 Å². The molecule has 0 bridgehead atoms. The Bertz CT molecular complexity index is 316. The van der Waals surface area contributed by atoms with Crippen molar-refractivity contribution in [3.8, 4) is 0 Å². The van der Waals surface area contributed by atoms with Crippen LogP contribution in [0.1, 0.15) is 47.0 Å². The van der Waals surface area contributed by atoms with E-state index in [-0.39, 0.29) is 0 Å². The molecule has 0 rings (SSSR count). The fourth-order valence-corrected chi connectivity index (χ4v) is 1.45. The van der Waals surface area contributed by atoms with Crippen molar-refractivity contribution in [1.82, 2.24) is 0 Å². The molecule has 0 amide bonds. The Labute approximate surface area is 105 Å². The third-order valence-corrected chi connectivity index (χ3v) is 2.25. The third-order valence-electron chi connectivity index (χ3n) is 2.25. The molecule has 17 heavy (non-hydrogen) atoms. The van der Waals surface area contributed by atoms with E-state index in [2.05, 4.69) is 45.9 Å². The van der Waals surface area contributed by atoms with Crippen LogP contribution in [-0.4, -0.2) is 11.1 Å². The molecule has 0 fully saturated rings. The summed E-state index contributed by atoms with van der Waals surface area (Å²) in [4.78, 5) is 10.7. The molecule has 0 atom stereocenters. The second kappa shape index (κ2) is 8.80. The van der Waals surface area contributed by atoms with Crippen molar-refractivity contribution in [3.63, 3.8) is 0 Å². The largest absolute Gasteiger partial charge is 0.478 e. The summed E-state index contributed by atoms with van der Waals surface area (Å²) in [6, 6.07) is 0. The lowest BCUT2D eigenvalue weighted by molar-refractivity contribution is -0.131. The van der Waals surface area contributed by atoms with Crippen molar-refractivity contribution in [3.05, 3.63) is 35.5 Å². The average molecular weight is 236 g/mol. The summed E-state index contributed by atoms with van der Waals surface area (Å²) in [5.74, 6) is -0.339. The second-order valence-corrected chi connectivity index (χ2v) is 4.84. The molecule has 0 aromatic carbocycles. The first kappa shape index (κ1) is 15.7. The van der Waals surface area contributed by atoms with Gasteiger partial charge in [0.05, 0.1) is 0 Å². The minimum atomic E-state index is -0.852. The van der Waals surface area contributed by atoms with Crippen LogP contribution in [0.15, 0.2) is 35.5 Å². The smallest absolute Gasteiger partial charge is 0.328 e. The monoisotopic (exact) mass is 236 g/mol. The Morgan fingerprint density at radius 2 is 1.94 bits per heavy atom. The first-order chi connectivity index (χ1) is 7.91. The highest BCUT2D eigenvalue weighted by Gasteiger charge is 1.98. The summed E-state index contributed by atoms with van der Waals surface area (Å²) in [5, 5.41) is 8.79. The average Bonchev–Trinajstić information content (AvgIpc) is 2.15. The quantitative estimate of drug-likeness (QED) is 0.527. The normalized spacial score (nSPS) is 12.2. The van der Waals surface area contributed by atoms with Gasteiger partial charge in [-0.2, -0.15) is 0 Å². The molecule has 2 nitrogen and oxygen atoms in total. The molecule has 0 radical (unpaired) electrons. The molecule has 0 saturated carbocycles. The fourth-order valence-electron chi connectivity index (χ4n) is 1.45. The second-order valence-electron chi connectivity index (χ2n) is 4.84. The van der Waals surface area contributed by atoms with Gasteiger partial charge < -0.3 is 5.11 Å². The van der Waals surface area contributed by atoms with Gasteiger partial charge in [-0.05, 0) is 39.0 Å². The fraction of sp³-hybridized carbons (Fsp3) is 0.533. The summed E-state index contributed by atoms with van der Waals surface area (Å²) in [6.45, 7) is 8.33. The molecule has 0 unspecified atom stereocenters. The maximum absolute atomic E-state index is 10.7. The molecule has 96 valence electrons. The van der Waals surface area contributed by atoms with Crippen LogP contribution in [-0.2, 0) is 4.79 Å². The van der Waals surface area contributed by atoms with Gasteiger partial charge in [0.2, 0.25) is 0 Å². The first-order valence-electron chi connectivity index (χ1n) is 6.14. The van der Waals surface area contributed by atoms with Crippen LogP contribution in [0.4, 0.5) is 0 Å². The number of hydrogen-bond donors (Lipinski definition) is 1. The molecule has 0 saturated heterocycles. The van der Waals surface area contributed by atoms with E-state index in [4.69, 9.17) is 5.11 Å². The van der Waals surface area contributed by atoms with Gasteiger partial charge in [0.1, 0.15) is 0 Å². The van der Waals surface area contributed by atoms with Crippen molar-refractivity contribution in [1.29, 1.82) is 0 Å². The van der Waals surface area contributed by atoms with E-state index >= 15 is 0 Å². The van der Waals surface area contributed by atoms with Crippen molar-refractivity contribution in [2.45, 2.75) is 47.0 Å². The lowest BCUT2D eigenvalue weighted by atomic mass is 10.0. The van der Waals surface area contributed by atoms with Crippen LogP contribution in [0.3, 0.4) is 0 Å². The van der Waals surface area contributed by atoms with E-state index in [1.807, 2.05) is 0 Å². The zero-order chi connectivity index (χ0) is 13.3. The molecular weight excluding hydrogens is 212 g/mol. The lowest BCUT2D eigenvalue weighted by Crippen LogP contribution is -1.92. The number of carboxylic acids is 1. The van der Waals surface area contributed by atoms with E-state index in [1.54, 1.807) is 0 Å². The van der Waals surface area contributed by atoms with Gasteiger partial charge in [-0.1, -0.05) is 43.2 Å². The van der Waals surface area contributed by atoms with Gasteiger partial charge in [0.25, 0.3) is 0 Å². The van der Waals surface area contributed by atoms with Crippen LogP contribution in [0.25, 0.3) is 0 Å². The van der Waals surface area contributed by atoms with E-state index in [9.17, 15) is 4.79 Å². The molecule has 0 aromatic rings. The number of allylic oxidation sites excluding steroid dienone is 5. The molecular formula is C15H24O2. The molecule has 0 spiro atoms. The van der Waals surface area contributed by atoms with Crippen LogP contribution in [0, 0.1) is 5.92 Å². The highest BCUT2D eigenvalue weighted by Crippen LogP contribution is 2.13. The SMILES string of the molecule is CC(C)=CCC/C(=C\C(=O)O)C/C=C/C(C)C. The Morgan fingerprint density at radius 3 is 2.41 bits per heavy atom. The number of carboxylic acid groups (broad SMARTS) is 1. The minimum Gasteiger partial charge on any atom is -0.478 e. The standard InChI is InChI=1S/C15H24O2/c1-12(2)7-5-9-14(11-15(16)17)10-6-8-13(3)4/h5,7-8,11-12H,6,9-10H2,1-4H3,(H,16,17)/b7-5+,14-11-. The zero-order valence-corrected chi connectivity index (χ0v) is 11.4. The summed E-state index contributed by atoms with van der Waals surface area (Å²) in [5.41, 5.74) is 2.25. The molecule has 1 N–H and O–H groups in total. The maximum Gasteiger partial charge on any atom is 0.328 e. The predicted octanol–water partition coefficient (Wildman–Crippen LogP) is 4.35. The van der Waals surface area contributed by atoms with Crippen molar-refractivity contribution in [2.75, 3.05) is 0 Å². The summed E-state index contributed by atoms with van der Waals surface area (Å²) < 4.78 is 0. The summed E-state index contributed by atoms with van der Waals surface area (Å²) in [7, 11) is 0. The van der Waals surface area contributed by atoms with Gasteiger partial charge in [-0.15, -0.1) is 0 Å². The Balaban J connectivity index is 4.35. The van der Waals surface area contributed by atoms with Crippen molar-refractivity contribution in [2.24, 2.45) is 5.92 Å². The first-order valence-corrected chi connectivity index (χ1v) is 6.14. The third kappa shape index (κ3) is 11.0. The van der Waals surface area contributed by atoms with E-state index in [0.29, 0.717) is 5.92 Å². The van der Waals surface area contributed by atoms with Crippen molar-refractivity contribution >= 4 is 5.97 Å². The Hall–Kier alpha value is -1.31. The van der Waals surface area contributed by atoms with Gasteiger partial charge in [-0.25, -0.2) is 4.79 Å². The van der Waals surface area contributed by atoms with Crippen LogP contribution < -0.4 is 0 Å². The van der Waals surface area contributed by atoms with Gasteiger partial charge in [-0.3, -0.25) is 0 Å². The number of hydrogen-bond acceptors (Lipinski definition) is 1. The topological polar surface area (TPSA) is 37.3 Å². The molecule has 0 aliphatic rings. The van der Waals surface area contributed by atoms with Crippen LogP contribution >= 0.6 is 0 Å². The molecule has 0 heterocycles.